The summed E-state index contributed by atoms with van der Waals surface area (Å²) in [6.45, 7) is 4.63. The Morgan fingerprint density at radius 2 is 1.72 bits per heavy atom. The van der Waals surface area contributed by atoms with Crippen LogP contribution in [0.2, 0.25) is 0 Å². The lowest BCUT2D eigenvalue weighted by atomic mass is 9.94. The monoisotopic (exact) mass is 811 g/mol. The topological polar surface area (TPSA) is 149 Å². The number of likely N-dealkylation sites (tertiary alicyclic amines) is 1. The fourth-order valence-corrected chi connectivity index (χ4v) is 7.94. The van der Waals surface area contributed by atoms with Crippen molar-refractivity contribution in [1.82, 2.24) is 10.2 Å². The minimum atomic E-state index is -4.73. The van der Waals surface area contributed by atoms with Crippen molar-refractivity contribution >= 4 is 69.4 Å². The second-order valence-electron chi connectivity index (χ2n) is 15.0. The number of hydrogen-bond donors (Lipinski definition) is 4. The SMILES string of the molecule is CC1(C)C(=O)N(c2ccc(N)c(C(F)(F)F)c2)C(=S)N1c1ccc(OCCC2CCN(CC(=O)Nc3cccc(NC4CCC(=O)NC4=O)c3)CC2)c(CCF)c1. The first kappa shape index (κ1) is 41.3. The molecule has 0 aliphatic carbocycles. The predicted molar refractivity (Wildman–Crippen MR) is 213 cm³/mol. The summed E-state index contributed by atoms with van der Waals surface area (Å²) in [6, 6.07) is 14.8. The van der Waals surface area contributed by atoms with E-state index in [9.17, 15) is 36.7 Å². The molecule has 0 bridgehead atoms. The summed E-state index contributed by atoms with van der Waals surface area (Å²) in [5, 5.41) is 8.33. The van der Waals surface area contributed by atoms with Gasteiger partial charge in [0.1, 0.15) is 17.3 Å². The maximum Gasteiger partial charge on any atom is 0.418 e. The number of nitrogens with zero attached hydrogens (tertiary/aromatic N) is 3. The van der Waals surface area contributed by atoms with Gasteiger partial charge in [-0.15, -0.1) is 0 Å². The molecule has 3 heterocycles. The number of nitrogens with two attached hydrogens (primary N) is 1. The smallest absolute Gasteiger partial charge is 0.418 e. The number of hydrogen-bond acceptors (Lipinski definition) is 9. The third-order valence-corrected chi connectivity index (χ3v) is 10.9. The van der Waals surface area contributed by atoms with E-state index in [1.807, 2.05) is 0 Å². The summed E-state index contributed by atoms with van der Waals surface area (Å²) in [4.78, 5) is 54.8. The number of anilines is 5. The first-order valence-electron chi connectivity index (χ1n) is 18.7. The first-order chi connectivity index (χ1) is 27.0. The second kappa shape index (κ2) is 17.1. The third kappa shape index (κ3) is 9.47. The number of thiocarbonyl (C=S) groups is 1. The van der Waals surface area contributed by atoms with Gasteiger partial charge in [0.05, 0.1) is 31.1 Å². The summed E-state index contributed by atoms with van der Waals surface area (Å²) >= 11 is 5.67. The van der Waals surface area contributed by atoms with Gasteiger partial charge in [0.15, 0.2) is 5.11 Å². The second-order valence-corrected chi connectivity index (χ2v) is 15.3. The number of carbonyl (C=O) groups excluding carboxylic acids is 4. The maximum absolute atomic E-state index is 13.8. The van der Waals surface area contributed by atoms with Crippen LogP contribution in [0.15, 0.2) is 60.7 Å². The molecule has 3 aliphatic rings. The van der Waals surface area contributed by atoms with E-state index in [4.69, 9.17) is 22.7 Å². The predicted octanol–water partition coefficient (Wildman–Crippen LogP) is 6.05. The molecule has 6 rings (SSSR count). The van der Waals surface area contributed by atoms with Crippen LogP contribution in [0.5, 0.6) is 5.75 Å². The van der Waals surface area contributed by atoms with Gasteiger partial charge in [0, 0.05) is 35.6 Å². The van der Waals surface area contributed by atoms with Crippen molar-refractivity contribution in [2.75, 3.05) is 59.1 Å². The molecule has 0 aromatic heterocycles. The number of nitrogens with one attached hydrogen (secondary N) is 3. The molecule has 1 unspecified atom stereocenters. The van der Waals surface area contributed by atoms with Gasteiger partial charge in [-0.1, -0.05) is 6.07 Å². The molecule has 3 aliphatic heterocycles. The molecule has 12 nitrogen and oxygen atoms in total. The number of amides is 4. The van der Waals surface area contributed by atoms with Gasteiger partial charge in [-0.25, -0.2) is 0 Å². The molecule has 304 valence electrons. The van der Waals surface area contributed by atoms with Crippen LogP contribution < -0.4 is 36.2 Å². The van der Waals surface area contributed by atoms with Crippen molar-refractivity contribution in [1.29, 1.82) is 0 Å². The Kier molecular flexibility index (Phi) is 12.4. The van der Waals surface area contributed by atoms with Crippen LogP contribution in [0.3, 0.4) is 0 Å². The van der Waals surface area contributed by atoms with Crippen LogP contribution in [0, 0.1) is 5.92 Å². The highest BCUT2D eigenvalue weighted by atomic mass is 32.1. The maximum atomic E-state index is 13.8. The molecular formula is C40H45F4N7O5S. The number of alkyl halides is 4. The highest BCUT2D eigenvalue weighted by molar-refractivity contribution is 7.81. The van der Waals surface area contributed by atoms with Gasteiger partial charge in [-0.2, -0.15) is 13.2 Å². The number of carbonyl (C=O) groups is 4. The molecule has 3 saturated heterocycles. The Balaban J connectivity index is 1.00. The lowest BCUT2D eigenvalue weighted by Gasteiger charge is -2.31. The Labute approximate surface area is 333 Å². The van der Waals surface area contributed by atoms with Crippen molar-refractivity contribution in [3.8, 4) is 5.75 Å². The van der Waals surface area contributed by atoms with E-state index in [0.717, 1.165) is 49.4 Å². The number of piperidine rings is 2. The van der Waals surface area contributed by atoms with Crippen LogP contribution in [0.4, 0.5) is 46.0 Å². The largest absolute Gasteiger partial charge is 0.493 e. The van der Waals surface area contributed by atoms with Gasteiger partial charge in [-0.3, -0.25) is 38.7 Å². The number of nitrogen functional groups attached to an aromatic ring is 1. The lowest BCUT2D eigenvalue weighted by molar-refractivity contribution is -0.137. The average molecular weight is 812 g/mol. The van der Waals surface area contributed by atoms with Crippen molar-refractivity contribution in [2.24, 2.45) is 5.92 Å². The molecule has 57 heavy (non-hydrogen) atoms. The van der Waals surface area contributed by atoms with E-state index in [-0.39, 0.29) is 47.9 Å². The Bertz CT molecular complexity index is 2040. The number of rotatable bonds is 13. The van der Waals surface area contributed by atoms with E-state index in [0.29, 0.717) is 47.3 Å². The summed E-state index contributed by atoms with van der Waals surface area (Å²) in [6.07, 6.45) is -1.57. The Morgan fingerprint density at radius 1 is 1.00 bits per heavy atom. The molecule has 3 aromatic rings. The van der Waals surface area contributed by atoms with E-state index in [1.54, 1.807) is 61.2 Å². The highest BCUT2D eigenvalue weighted by Gasteiger charge is 2.51. The highest BCUT2D eigenvalue weighted by Crippen LogP contribution is 2.41. The van der Waals surface area contributed by atoms with Crippen molar-refractivity contribution < 1.29 is 41.5 Å². The zero-order valence-corrected chi connectivity index (χ0v) is 32.4. The Hall–Kier alpha value is -5.29. The number of aryl methyl sites for hydroxylation is 1. The molecule has 0 saturated carbocycles. The summed E-state index contributed by atoms with van der Waals surface area (Å²) in [7, 11) is 0. The summed E-state index contributed by atoms with van der Waals surface area (Å²) < 4.78 is 60.9. The third-order valence-electron chi connectivity index (χ3n) is 10.5. The molecule has 5 N–H and O–H groups in total. The zero-order valence-electron chi connectivity index (χ0n) is 31.6. The molecule has 1 atom stereocenters. The minimum Gasteiger partial charge on any atom is -0.493 e. The normalized spacial score (nSPS) is 19.2. The first-order valence-corrected chi connectivity index (χ1v) is 19.2. The molecule has 4 amide bonds. The quantitative estimate of drug-likeness (QED) is 0.0696. The van der Waals surface area contributed by atoms with E-state index in [2.05, 4.69) is 20.9 Å². The molecule has 3 aromatic carbocycles. The summed E-state index contributed by atoms with van der Waals surface area (Å²) in [5.41, 5.74) is 4.97. The Morgan fingerprint density at radius 3 is 2.42 bits per heavy atom. The van der Waals surface area contributed by atoms with Crippen LogP contribution in [-0.4, -0.2) is 78.1 Å². The van der Waals surface area contributed by atoms with Crippen molar-refractivity contribution in [2.45, 2.75) is 70.1 Å². The van der Waals surface area contributed by atoms with Crippen LogP contribution in [-0.2, 0) is 31.8 Å². The van der Waals surface area contributed by atoms with Gasteiger partial charge in [0.25, 0.3) is 5.91 Å². The number of halogens is 4. The fraction of sp³-hybridized carbons (Fsp3) is 0.425. The fourth-order valence-electron chi connectivity index (χ4n) is 7.42. The summed E-state index contributed by atoms with van der Waals surface area (Å²) in [5.74, 6) is -0.508. The minimum absolute atomic E-state index is 0.0277. The molecular weight excluding hydrogens is 767 g/mol. The number of benzene rings is 3. The molecule has 17 heteroatoms. The van der Waals surface area contributed by atoms with Crippen molar-refractivity contribution in [3.05, 3.63) is 71.8 Å². The van der Waals surface area contributed by atoms with Gasteiger partial charge in [0.2, 0.25) is 17.7 Å². The van der Waals surface area contributed by atoms with E-state index in [1.165, 1.54) is 6.07 Å². The average Bonchev–Trinajstić information content (AvgIpc) is 3.32. The zero-order chi connectivity index (χ0) is 41.1. The molecule has 3 fully saturated rings. The van der Waals surface area contributed by atoms with E-state index >= 15 is 0 Å². The van der Waals surface area contributed by atoms with Crippen LogP contribution >= 0.6 is 12.2 Å². The number of ether oxygens (including phenoxy) is 1. The van der Waals surface area contributed by atoms with Crippen molar-refractivity contribution in [3.63, 3.8) is 0 Å². The molecule has 0 spiro atoms. The lowest BCUT2D eigenvalue weighted by Crippen LogP contribution is -2.47. The standard InChI is InChI=1S/C40H45F4N7O5S/c1-39(2)37(55)50(28-6-8-31(45)30(22-28)40(42,43)44)38(57)51(39)29-7-10-33(25(20-29)12-16-41)56-19-15-24-13-17-49(18-14-24)23-35(53)47-27-5-3-4-26(21-27)46-32-9-11-34(52)48-36(32)54/h3-8,10,20-22,24,32,46H,9,11-19,23,45H2,1-2H3,(H,47,53)(H,48,52,54). The van der Waals surface area contributed by atoms with Gasteiger partial charge < -0.3 is 26.0 Å². The number of imide groups is 1. The van der Waals surface area contributed by atoms with Crippen LogP contribution in [0.25, 0.3) is 0 Å². The van der Waals surface area contributed by atoms with E-state index < -0.39 is 41.6 Å². The molecule has 0 radical (unpaired) electrons. The van der Waals surface area contributed by atoms with Gasteiger partial charge in [-0.05, 0) is 131 Å². The van der Waals surface area contributed by atoms with Gasteiger partial charge >= 0.3 is 6.18 Å². The van der Waals surface area contributed by atoms with Crippen LogP contribution in [0.1, 0.15) is 57.1 Å².